The van der Waals surface area contributed by atoms with Crippen LogP contribution in [0, 0.1) is 0 Å². The summed E-state index contributed by atoms with van der Waals surface area (Å²) in [6.07, 6.45) is -1.04. The number of alkyl halides is 2. The minimum atomic E-state index is -3.92. The van der Waals surface area contributed by atoms with Crippen LogP contribution in [-0.4, -0.2) is 37.6 Å². The fourth-order valence-electron chi connectivity index (χ4n) is 1.88. The van der Waals surface area contributed by atoms with Gasteiger partial charge in [0.2, 0.25) is 0 Å². The topological polar surface area (TPSA) is 106 Å². The van der Waals surface area contributed by atoms with Gasteiger partial charge in [-0.1, -0.05) is 0 Å². The zero-order chi connectivity index (χ0) is 15.1. The first-order valence-electron chi connectivity index (χ1n) is 5.70. The first kappa shape index (κ1) is 15.1. The van der Waals surface area contributed by atoms with Crippen LogP contribution < -0.4 is 11.5 Å². The van der Waals surface area contributed by atoms with Crippen molar-refractivity contribution in [2.45, 2.75) is 23.0 Å². The summed E-state index contributed by atoms with van der Waals surface area (Å²) in [6, 6.07) is 1.09. The van der Waals surface area contributed by atoms with Crippen molar-refractivity contribution in [3.8, 4) is 0 Å². The van der Waals surface area contributed by atoms with Gasteiger partial charge in [0.15, 0.2) is 0 Å². The van der Waals surface area contributed by atoms with Crippen molar-refractivity contribution in [1.82, 2.24) is 4.31 Å². The number of nitrogen functional groups attached to an aromatic ring is 1. The zero-order valence-corrected chi connectivity index (χ0v) is 11.9. The molecule has 0 saturated carbocycles. The van der Waals surface area contributed by atoms with Crippen LogP contribution in [-0.2, 0) is 10.0 Å². The lowest BCUT2D eigenvalue weighted by atomic mass is 10.1. The highest BCUT2D eigenvalue weighted by Gasteiger charge is 2.39. The molecule has 6 nitrogen and oxygen atoms in total. The van der Waals surface area contributed by atoms with E-state index in [1.54, 1.807) is 0 Å². The van der Waals surface area contributed by atoms with Crippen molar-refractivity contribution >= 4 is 32.3 Å². The molecule has 0 unspecified atom stereocenters. The molecule has 2 rings (SSSR count). The van der Waals surface area contributed by atoms with Crippen LogP contribution in [0.25, 0.3) is 0 Å². The molecule has 1 aliphatic heterocycles. The number of rotatable bonds is 3. The third-order valence-electron chi connectivity index (χ3n) is 3.05. The van der Waals surface area contributed by atoms with E-state index < -0.39 is 34.7 Å². The Balaban J connectivity index is 2.27. The molecule has 4 N–H and O–H groups in total. The van der Waals surface area contributed by atoms with Gasteiger partial charge in [0, 0.05) is 25.9 Å². The normalized spacial score (nSPS) is 19.9. The summed E-state index contributed by atoms with van der Waals surface area (Å²) in [5, 5.41) is -0.00147. The fourth-order valence-corrected chi connectivity index (χ4v) is 4.74. The number of halogens is 2. The molecule has 1 amide bonds. The van der Waals surface area contributed by atoms with Crippen LogP contribution in [0.3, 0.4) is 0 Å². The number of nitrogens with zero attached hydrogens (tertiary/aromatic N) is 1. The van der Waals surface area contributed by atoms with Crippen molar-refractivity contribution < 1.29 is 22.0 Å². The van der Waals surface area contributed by atoms with Gasteiger partial charge < -0.3 is 11.5 Å². The molecule has 1 saturated heterocycles. The number of hydrogen-bond donors (Lipinski definition) is 2. The fraction of sp³-hybridized carbons (Fsp3) is 0.500. The highest BCUT2D eigenvalue weighted by Crippen LogP contribution is 2.34. The SMILES string of the molecule is NC(=O)c1cc(S(=O)(=O)N2CCC(F)(F)CC2)sc1N. The Kier molecular flexibility index (Phi) is 3.73. The average Bonchev–Trinajstić information content (AvgIpc) is 2.71. The van der Waals surface area contributed by atoms with E-state index in [0.29, 0.717) is 11.3 Å². The van der Waals surface area contributed by atoms with Crippen molar-refractivity contribution in [2.24, 2.45) is 5.73 Å². The van der Waals surface area contributed by atoms with E-state index in [1.165, 1.54) is 0 Å². The Hall–Kier alpha value is -1.26. The van der Waals surface area contributed by atoms with Crippen molar-refractivity contribution in [1.29, 1.82) is 0 Å². The maximum Gasteiger partial charge on any atom is 0.252 e. The second-order valence-electron chi connectivity index (χ2n) is 4.47. The lowest BCUT2D eigenvalue weighted by Gasteiger charge is -2.30. The Morgan fingerprint density at radius 3 is 2.35 bits per heavy atom. The number of nitrogens with two attached hydrogens (primary N) is 2. The van der Waals surface area contributed by atoms with Crippen LogP contribution in [0.15, 0.2) is 10.3 Å². The summed E-state index contributed by atoms with van der Waals surface area (Å²) in [5.74, 6) is -3.66. The van der Waals surface area contributed by atoms with Crippen LogP contribution in [0.1, 0.15) is 23.2 Å². The van der Waals surface area contributed by atoms with Crippen molar-refractivity contribution in [2.75, 3.05) is 18.8 Å². The molecule has 2 heterocycles. The summed E-state index contributed by atoms with van der Waals surface area (Å²) < 4.78 is 51.4. The molecule has 0 atom stereocenters. The van der Waals surface area contributed by atoms with Crippen LogP contribution in [0.5, 0.6) is 0 Å². The van der Waals surface area contributed by atoms with Gasteiger partial charge in [-0.2, -0.15) is 4.31 Å². The molecular weight excluding hydrogens is 312 g/mol. The number of thiophene rings is 1. The van der Waals surface area contributed by atoms with Gasteiger partial charge in [-0.25, -0.2) is 17.2 Å². The molecule has 0 aliphatic carbocycles. The van der Waals surface area contributed by atoms with E-state index >= 15 is 0 Å². The van der Waals surface area contributed by atoms with Crippen LogP contribution in [0.2, 0.25) is 0 Å². The number of sulfonamides is 1. The molecule has 0 aromatic carbocycles. The molecule has 112 valence electrons. The van der Waals surface area contributed by atoms with Crippen LogP contribution in [0.4, 0.5) is 13.8 Å². The maximum absolute atomic E-state index is 13.0. The third kappa shape index (κ3) is 2.76. The molecule has 10 heteroatoms. The van der Waals surface area contributed by atoms with Crippen LogP contribution >= 0.6 is 11.3 Å². The summed E-state index contributed by atoms with van der Waals surface area (Å²) in [5.41, 5.74) is 10.5. The van der Waals surface area contributed by atoms with Gasteiger partial charge in [0.05, 0.1) is 10.6 Å². The lowest BCUT2D eigenvalue weighted by Crippen LogP contribution is -2.42. The Bertz CT molecular complexity index is 632. The van der Waals surface area contributed by atoms with Gasteiger partial charge in [-0.3, -0.25) is 4.79 Å². The lowest BCUT2D eigenvalue weighted by molar-refractivity contribution is -0.0411. The molecule has 0 bridgehead atoms. The van der Waals surface area contributed by atoms with Gasteiger partial charge in [0.1, 0.15) is 4.21 Å². The molecule has 1 aromatic rings. The molecule has 1 aromatic heterocycles. The largest absolute Gasteiger partial charge is 0.390 e. The van der Waals surface area contributed by atoms with Gasteiger partial charge in [0.25, 0.3) is 21.9 Å². The number of amides is 1. The van der Waals surface area contributed by atoms with E-state index in [-0.39, 0.29) is 27.9 Å². The van der Waals surface area contributed by atoms with E-state index in [9.17, 15) is 22.0 Å². The molecule has 1 aliphatic rings. The smallest absolute Gasteiger partial charge is 0.252 e. The first-order valence-corrected chi connectivity index (χ1v) is 7.96. The predicted octanol–water partition coefficient (Wildman–Crippen LogP) is 0.849. The zero-order valence-electron chi connectivity index (χ0n) is 10.3. The highest BCUT2D eigenvalue weighted by atomic mass is 32.2. The second kappa shape index (κ2) is 4.93. The second-order valence-corrected chi connectivity index (χ2v) is 7.72. The Morgan fingerprint density at radius 2 is 1.90 bits per heavy atom. The van der Waals surface area contributed by atoms with E-state index in [1.807, 2.05) is 0 Å². The summed E-state index contributed by atoms with van der Waals surface area (Å²) in [6.45, 7) is -0.530. The van der Waals surface area contributed by atoms with Crippen molar-refractivity contribution in [3.63, 3.8) is 0 Å². The molecule has 0 radical (unpaired) electrons. The standard InChI is InChI=1S/C10H13F2N3O3S2/c11-10(12)1-3-15(4-2-10)20(17,18)7-5-6(8(13)16)9(14)19-7/h5H,1-4,14H2,(H2,13,16). The number of anilines is 1. The first-order chi connectivity index (χ1) is 9.13. The van der Waals surface area contributed by atoms with E-state index in [0.717, 1.165) is 10.4 Å². The molecule has 20 heavy (non-hydrogen) atoms. The monoisotopic (exact) mass is 325 g/mol. The minimum Gasteiger partial charge on any atom is -0.390 e. The summed E-state index contributed by atoms with van der Waals surface area (Å²) in [4.78, 5) is 11.1. The quantitative estimate of drug-likeness (QED) is 0.859. The Morgan fingerprint density at radius 1 is 1.35 bits per heavy atom. The van der Waals surface area contributed by atoms with Gasteiger partial charge in [-0.05, 0) is 6.07 Å². The summed E-state index contributed by atoms with van der Waals surface area (Å²) >= 11 is 0.703. The number of hydrogen-bond acceptors (Lipinski definition) is 5. The third-order valence-corrected chi connectivity index (χ3v) is 6.36. The molecule has 1 fully saturated rings. The van der Waals surface area contributed by atoms with Gasteiger partial charge in [-0.15, -0.1) is 11.3 Å². The highest BCUT2D eigenvalue weighted by molar-refractivity contribution is 7.91. The molecule has 0 spiro atoms. The number of carbonyl (C=O) groups excluding carboxylic acids is 1. The predicted molar refractivity (Wildman–Crippen MR) is 70.2 cm³/mol. The summed E-state index contributed by atoms with van der Waals surface area (Å²) in [7, 11) is -3.92. The van der Waals surface area contributed by atoms with E-state index in [4.69, 9.17) is 11.5 Å². The molecular formula is C10H13F2N3O3S2. The maximum atomic E-state index is 13.0. The number of carbonyl (C=O) groups is 1. The Labute approximate surface area is 118 Å². The average molecular weight is 325 g/mol. The van der Waals surface area contributed by atoms with E-state index in [2.05, 4.69) is 0 Å². The van der Waals surface area contributed by atoms with Crippen molar-refractivity contribution in [3.05, 3.63) is 11.6 Å². The van der Waals surface area contributed by atoms with Gasteiger partial charge >= 0.3 is 0 Å². The number of piperidine rings is 1. The number of primary amides is 1. The minimum absolute atomic E-state index is 0.00147.